The van der Waals surface area contributed by atoms with Crippen molar-refractivity contribution in [1.82, 2.24) is 4.90 Å². The Morgan fingerprint density at radius 1 is 1.10 bits per heavy atom. The van der Waals surface area contributed by atoms with Gasteiger partial charge in [0.2, 0.25) is 0 Å². The molecule has 122 valence electrons. The van der Waals surface area contributed by atoms with E-state index in [4.69, 9.17) is 5.11 Å². The molecule has 1 aliphatic heterocycles. The lowest BCUT2D eigenvalue weighted by atomic mass is 9.78. The summed E-state index contributed by atoms with van der Waals surface area (Å²) >= 11 is 0. The van der Waals surface area contributed by atoms with E-state index in [1.165, 1.54) is 45.1 Å². The van der Waals surface area contributed by atoms with E-state index in [0.717, 1.165) is 24.4 Å². The van der Waals surface area contributed by atoms with Crippen LogP contribution in [0.1, 0.15) is 65.7 Å². The van der Waals surface area contributed by atoms with Gasteiger partial charge in [0, 0.05) is 19.0 Å². The molecule has 0 aromatic rings. The topological polar surface area (TPSA) is 40.5 Å². The zero-order valence-corrected chi connectivity index (χ0v) is 14.1. The molecule has 1 aliphatic carbocycles. The molecule has 2 unspecified atom stereocenters. The van der Waals surface area contributed by atoms with Gasteiger partial charge in [0.1, 0.15) is 0 Å². The molecule has 2 fully saturated rings. The third kappa shape index (κ3) is 4.70. The Morgan fingerprint density at radius 2 is 1.76 bits per heavy atom. The predicted octanol–water partition coefficient (Wildman–Crippen LogP) is 4.02. The van der Waals surface area contributed by atoms with Crippen LogP contribution in [-0.4, -0.2) is 35.1 Å². The first-order valence-corrected chi connectivity index (χ1v) is 8.93. The first kappa shape index (κ1) is 16.8. The van der Waals surface area contributed by atoms with E-state index >= 15 is 0 Å². The summed E-state index contributed by atoms with van der Waals surface area (Å²) in [6, 6.07) is 0.764. The van der Waals surface area contributed by atoms with Crippen molar-refractivity contribution < 1.29 is 9.90 Å². The molecule has 0 aromatic carbocycles. The highest BCUT2D eigenvalue weighted by Crippen LogP contribution is 2.35. The van der Waals surface area contributed by atoms with Crippen LogP contribution in [0, 0.1) is 23.7 Å². The highest BCUT2D eigenvalue weighted by atomic mass is 16.4. The second-order valence-corrected chi connectivity index (χ2v) is 7.79. The van der Waals surface area contributed by atoms with E-state index in [9.17, 15) is 4.79 Å². The van der Waals surface area contributed by atoms with Crippen molar-refractivity contribution in [2.75, 3.05) is 13.1 Å². The first-order chi connectivity index (χ1) is 9.97. The molecule has 0 amide bonds. The normalized spacial score (nSPS) is 33.0. The van der Waals surface area contributed by atoms with Gasteiger partial charge in [-0.15, -0.1) is 0 Å². The van der Waals surface area contributed by atoms with E-state index in [-0.39, 0.29) is 0 Å². The van der Waals surface area contributed by atoms with Gasteiger partial charge in [-0.25, -0.2) is 0 Å². The molecule has 3 heteroatoms. The van der Waals surface area contributed by atoms with Crippen LogP contribution in [0.5, 0.6) is 0 Å². The molecule has 21 heavy (non-hydrogen) atoms. The summed E-state index contributed by atoms with van der Waals surface area (Å²) in [6.45, 7) is 9.20. The zero-order valence-electron chi connectivity index (χ0n) is 14.1. The molecule has 2 aliphatic rings. The second kappa shape index (κ2) is 7.62. The van der Waals surface area contributed by atoms with E-state index in [2.05, 4.69) is 25.7 Å². The summed E-state index contributed by atoms with van der Waals surface area (Å²) in [6.07, 6.45) is 8.26. The summed E-state index contributed by atoms with van der Waals surface area (Å²) in [4.78, 5) is 13.6. The minimum Gasteiger partial charge on any atom is -0.481 e. The summed E-state index contributed by atoms with van der Waals surface area (Å²) in [5.41, 5.74) is 0. The average Bonchev–Trinajstić information content (AvgIpc) is 2.47. The van der Waals surface area contributed by atoms with Crippen LogP contribution in [0.3, 0.4) is 0 Å². The molecule has 2 atom stereocenters. The van der Waals surface area contributed by atoms with Crippen LogP contribution in [0.25, 0.3) is 0 Å². The number of rotatable bonds is 5. The van der Waals surface area contributed by atoms with E-state index in [1.54, 1.807) is 0 Å². The molecule has 1 N–H and O–H groups in total. The van der Waals surface area contributed by atoms with Gasteiger partial charge in [-0.2, -0.15) is 0 Å². The standard InChI is InChI=1S/C18H33NO2/c1-13(2)15-6-8-17(9-7-15)19-10-4-5-16(12-19)14(3)11-18(20)21/h13-17H,4-12H2,1-3H3,(H,20,21). The summed E-state index contributed by atoms with van der Waals surface area (Å²) in [5, 5.41) is 9.00. The number of nitrogens with zero attached hydrogens (tertiary/aromatic N) is 1. The number of likely N-dealkylation sites (tertiary alicyclic amines) is 1. The Hall–Kier alpha value is -0.570. The lowest BCUT2D eigenvalue weighted by molar-refractivity contribution is -0.138. The average molecular weight is 295 g/mol. The minimum atomic E-state index is -0.642. The third-order valence-electron chi connectivity index (χ3n) is 5.99. The monoisotopic (exact) mass is 295 g/mol. The number of hydrogen-bond donors (Lipinski definition) is 1. The molecule has 1 saturated carbocycles. The number of hydrogen-bond acceptors (Lipinski definition) is 2. The van der Waals surface area contributed by atoms with Gasteiger partial charge in [-0.3, -0.25) is 4.79 Å². The largest absolute Gasteiger partial charge is 0.481 e. The maximum Gasteiger partial charge on any atom is 0.303 e. The van der Waals surface area contributed by atoms with Crippen LogP contribution < -0.4 is 0 Å². The van der Waals surface area contributed by atoms with Gasteiger partial charge in [0.25, 0.3) is 0 Å². The van der Waals surface area contributed by atoms with Crippen LogP contribution >= 0.6 is 0 Å². The lowest BCUT2D eigenvalue weighted by Gasteiger charge is -2.43. The molecule has 1 heterocycles. The predicted molar refractivity (Wildman–Crippen MR) is 86.3 cm³/mol. The highest BCUT2D eigenvalue weighted by molar-refractivity contribution is 5.67. The number of aliphatic carboxylic acids is 1. The maximum atomic E-state index is 10.9. The minimum absolute atomic E-state index is 0.317. The smallest absolute Gasteiger partial charge is 0.303 e. The lowest BCUT2D eigenvalue weighted by Crippen LogP contribution is -2.46. The van der Waals surface area contributed by atoms with E-state index in [1.807, 2.05) is 0 Å². The molecule has 2 rings (SSSR count). The Kier molecular flexibility index (Phi) is 6.09. The van der Waals surface area contributed by atoms with Crippen molar-refractivity contribution in [1.29, 1.82) is 0 Å². The molecular weight excluding hydrogens is 262 g/mol. The molecule has 0 aromatic heterocycles. The van der Waals surface area contributed by atoms with Gasteiger partial charge in [0.15, 0.2) is 0 Å². The fourth-order valence-corrected chi connectivity index (χ4v) is 4.41. The van der Waals surface area contributed by atoms with Gasteiger partial charge >= 0.3 is 5.97 Å². The molecular formula is C18H33NO2. The fraction of sp³-hybridized carbons (Fsp3) is 0.944. The molecule has 3 nitrogen and oxygen atoms in total. The quantitative estimate of drug-likeness (QED) is 0.832. The van der Waals surface area contributed by atoms with Crippen LogP contribution in [0.4, 0.5) is 0 Å². The number of carboxylic acids is 1. The Balaban J connectivity index is 1.83. The van der Waals surface area contributed by atoms with Gasteiger partial charge in [-0.05, 0) is 68.7 Å². The summed E-state index contributed by atoms with van der Waals surface area (Å²) < 4.78 is 0. The molecule has 1 saturated heterocycles. The second-order valence-electron chi connectivity index (χ2n) is 7.79. The van der Waals surface area contributed by atoms with Crippen LogP contribution in [0.2, 0.25) is 0 Å². The van der Waals surface area contributed by atoms with Crippen LogP contribution in [0.15, 0.2) is 0 Å². The van der Waals surface area contributed by atoms with Gasteiger partial charge in [0.05, 0.1) is 0 Å². The molecule has 0 bridgehead atoms. The zero-order chi connectivity index (χ0) is 15.4. The molecule has 0 spiro atoms. The van der Waals surface area contributed by atoms with Crippen molar-refractivity contribution in [3.8, 4) is 0 Å². The van der Waals surface area contributed by atoms with E-state index in [0.29, 0.717) is 18.3 Å². The highest BCUT2D eigenvalue weighted by Gasteiger charge is 2.32. The van der Waals surface area contributed by atoms with Crippen molar-refractivity contribution in [2.24, 2.45) is 23.7 Å². The van der Waals surface area contributed by atoms with Crippen molar-refractivity contribution in [3.63, 3.8) is 0 Å². The fourth-order valence-electron chi connectivity index (χ4n) is 4.41. The van der Waals surface area contributed by atoms with Gasteiger partial charge in [-0.1, -0.05) is 20.8 Å². The SMILES string of the molecule is CC(C)C1CCC(N2CCCC(C(C)CC(=O)O)C2)CC1. The number of piperidine rings is 1. The summed E-state index contributed by atoms with van der Waals surface area (Å²) in [5.74, 6) is 2.01. The summed E-state index contributed by atoms with van der Waals surface area (Å²) in [7, 11) is 0. The third-order valence-corrected chi connectivity index (χ3v) is 5.99. The van der Waals surface area contributed by atoms with Gasteiger partial charge < -0.3 is 10.0 Å². The first-order valence-electron chi connectivity index (χ1n) is 8.93. The number of carbonyl (C=O) groups is 1. The van der Waals surface area contributed by atoms with Crippen molar-refractivity contribution in [2.45, 2.75) is 71.8 Å². The van der Waals surface area contributed by atoms with Crippen molar-refractivity contribution >= 4 is 5.97 Å². The Labute approximate surface area is 130 Å². The molecule has 0 radical (unpaired) electrons. The van der Waals surface area contributed by atoms with Crippen molar-refractivity contribution in [3.05, 3.63) is 0 Å². The van der Waals surface area contributed by atoms with E-state index < -0.39 is 5.97 Å². The Morgan fingerprint density at radius 3 is 2.33 bits per heavy atom. The maximum absolute atomic E-state index is 10.9. The Bertz CT molecular complexity index is 334. The number of carboxylic acid groups (broad SMARTS) is 1. The van der Waals surface area contributed by atoms with Crippen LogP contribution in [-0.2, 0) is 4.79 Å².